The molecule has 0 spiro atoms. The quantitative estimate of drug-likeness (QED) is 0.712. The third-order valence-electron chi connectivity index (χ3n) is 3.04. The Balaban J connectivity index is 1.97. The molecule has 2 aliphatic rings. The van der Waals surface area contributed by atoms with Gasteiger partial charge in [0, 0.05) is 5.92 Å². The second-order valence-electron chi connectivity index (χ2n) is 4.18. The molecular formula is C13H19NO. The zero-order valence-corrected chi connectivity index (χ0v) is 9.49. The van der Waals surface area contributed by atoms with Crippen molar-refractivity contribution in [1.29, 1.82) is 0 Å². The summed E-state index contributed by atoms with van der Waals surface area (Å²) in [5.74, 6) is 1.49. The van der Waals surface area contributed by atoms with Crippen molar-refractivity contribution in [2.24, 2.45) is 5.92 Å². The van der Waals surface area contributed by atoms with Gasteiger partial charge < -0.3 is 10.1 Å². The minimum Gasteiger partial charge on any atom is -0.479 e. The molecule has 2 heteroatoms. The van der Waals surface area contributed by atoms with Gasteiger partial charge in [0.05, 0.1) is 12.6 Å². The van der Waals surface area contributed by atoms with E-state index in [9.17, 15) is 0 Å². The lowest BCUT2D eigenvalue weighted by atomic mass is 9.92. The Hall–Kier alpha value is -1.18. The van der Waals surface area contributed by atoms with Crippen molar-refractivity contribution >= 4 is 0 Å². The van der Waals surface area contributed by atoms with E-state index < -0.39 is 0 Å². The van der Waals surface area contributed by atoms with Crippen LogP contribution in [-0.2, 0) is 4.74 Å². The first kappa shape index (κ1) is 10.3. The minimum atomic E-state index is 0.409. The van der Waals surface area contributed by atoms with Gasteiger partial charge in [-0.2, -0.15) is 0 Å². The second-order valence-corrected chi connectivity index (χ2v) is 4.18. The highest BCUT2D eigenvalue weighted by Crippen LogP contribution is 2.30. The van der Waals surface area contributed by atoms with Crippen LogP contribution >= 0.6 is 0 Å². The summed E-state index contributed by atoms with van der Waals surface area (Å²) in [5.41, 5.74) is 1.33. The lowest BCUT2D eigenvalue weighted by Crippen LogP contribution is -2.27. The van der Waals surface area contributed by atoms with Crippen LogP contribution in [0.15, 0.2) is 35.8 Å². The Morgan fingerprint density at radius 2 is 2.13 bits per heavy atom. The summed E-state index contributed by atoms with van der Waals surface area (Å²) in [4.78, 5) is 0. The molecule has 0 aromatic heterocycles. The van der Waals surface area contributed by atoms with E-state index in [1.54, 1.807) is 0 Å². The first-order valence-electron chi connectivity index (χ1n) is 5.78. The Morgan fingerprint density at radius 3 is 2.87 bits per heavy atom. The summed E-state index contributed by atoms with van der Waals surface area (Å²) in [7, 11) is 0. The molecule has 0 fully saturated rings. The Kier molecular flexibility index (Phi) is 3.14. The number of nitrogens with one attached hydrogen (secondary N) is 1. The van der Waals surface area contributed by atoms with Crippen LogP contribution in [-0.4, -0.2) is 12.6 Å². The fourth-order valence-corrected chi connectivity index (χ4v) is 2.05. The summed E-state index contributed by atoms with van der Waals surface area (Å²) < 4.78 is 5.75. The molecule has 0 radical (unpaired) electrons. The summed E-state index contributed by atoms with van der Waals surface area (Å²) >= 11 is 0. The van der Waals surface area contributed by atoms with Crippen molar-refractivity contribution in [3.8, 4) is 0 Å². The number of hydrogen-bond donors (Lipinski definition) is 1. The van der Waals surface area contributed by atoms with Crippen LogP contribution in [0.2, 0.25) is 0 Å². The molecule has 0 saturated heterocycles. The van der Waals surface area contributed by atoms with Gasteiger partial charge in [0.15, 0.2) is 5.88 Å². The molecule has 1 aliphatic heterocycles. The zero-order chi connectivity index (χ0) is 10.7. The standard InChI is InChI=1S/C13H19NO/c1-3-4-9-15-13-10(2)11-7-5-6-8-12(11)14-13/h5-8,11-12,14H,3-4,9H2,1-2H3. The van der Waals surface area contributed by atoms with Crippen molar-refractivity contribution in [1.82, 2.24) is 5.32 Å². The molecular weight excluding hydrogens is 186 g/mol. The van der Waals surface area contributed by atoms with Crippen LogP contribution in [0.3, 0.4) is 0 Å². The largest absolute Gasteiger partial charge is 0.479 e. The minimum absolute atomic E-state index is 0.409. The highest BCUT2D eigenvalue weighted by molar-refractivity contribution is 5.32. The van der Waals surface area contributed by atoms with E-state index in [2.05, 4.69) is 43.5 Å². The molecule has 0 aromatic carbocycles. The van der Waals surface area contributed by atoms with Crippen molar-refractivity contribution in [2.45, 2.75) is 32.7 Å². The number of hydrogen-bond acceptors (Lipinski definition) is 2. The lowest BCUT2D eigenvalue weighted by molar-refractivity contribution is 0.187. The van der Waals surface area contributed by atoms with Gasteiger partial charge in [0.1, 0.15) is 0 Å². The van der Waals surface area contributed by atoms with Gasteiger partial charge in [-0.25, -0.2) is 0 Å². The molecule has 0 saturated carbocycles. The molecule has 2 unspecified atom stereocenters. The molecule has 0 amide bonds. The van der Waals surface area contributed by atoms with Crippen LogP contribution in [0.4, 0.5) is 0 Å². The van der Waals surface area contributed by atoms with Crippen LogP contribution in [0.1, 0.15) is 26.7 Å². The average Bonchev–Trinajstić information content (AvgIpc) is 2.57. The maximum atomic E-state index is 5.75. The molecule has 15 heavy (non-hydrogen) atoms. The summed E-state index contributed by atoms with van der Waals surface area (Å²) in [5, 5.41) is 3.42. The number of fused-ring (bicyclic) bond motifs is 1. The van der Waals surface area contributed by atoms with E-state index in [1.165, 1.54) is 12.0 Å². The monoisotopic (exact) mass is 205 g/mol. The third kappa shape index (κ3) is 2.09. The topological polar surface area (TPSA) is 21.3 Å². The molecule has 2 nitrogen and oxygen atoms in total. The third-order valence-corrected chi connectivity index (χ3v) is 3.04. The van der Waals surface area contributed by atoms with Crippen molar-refractivity contribution in [3.05, 3.63) is 35.8 Å². The van der Waals surface area contributed by atoms with Gasteiger partial charge in [-0.1, -0.05) is 37.6 Å². The van der Waals surface area contributed by atoms with Crippen LogP contribution in [0.5, 0.6) is 0 Å². The summed E-state index contributed by atoms with van der Waals surface area (Å²) in [6, 6.07) is 0.409. The maximum Gasteiger partial charge on any atom is 0.186 e. The number of unbranched alkanes of at least 4 members (excludes halogenated alkanes) is 1. The van der Waals surface area contributed by atoms with Gasteiger partial charge in [-0.3, -0.25) is 0 Å². The van der Waals surface area contributed by atoms with Crippen LogP contribution < -0.4 is 5.32 Å². The van der Waals surface area contributed by atoms with Crippen LogP contribution in [0, 0.1) is 5.92 Å². The molecule has 2 atom stereocenters. The average molecular weight is 205 g/mol. The number of allylic oxidation sites excluding steroid dienone is 2. The second kappa shape index (κ2) is 4.56. The zero-order valence-electron chi connectivity index (χ0n) is 9.49. The Morgan fingerprint density at radius 1 is 1.33 bits per heavy atom. The van der Waals surface area contributed by atoms with Crippen molar-refractivity contribution in [2.75, 3.05) is 6.61 Å². The molecule has 1 N–H and O–H groups in total. The maximum absolute atomic E-state index is 5.75. The van der Waals surface area contributed by atoms with E-state index in [-0.39, 0.29) is 0 Å². The Labute approximate surface area is 91.7 Å². The molecule has 1 aliphatic carbocycles. The molecule has 0 bridgehead atoms. The van der Waals surface area contributed by atoms with Gasteiger partial charge in [-0.05, 0) is 18.9 Å². The lowest BCUT2D eigenvalue weighted by Gasteiger charge is -2.16. The van der Waals surface area contributed by atoms with Crippen molar-refractivity contribution in [3.63, 3.8) is 0 Å². The Bertz CT molecular complexity index is 314. The van der Waals surface area contributed by atoms with Gasteiger partial charge in [0.25, 0.3) is 0 Å². The van der Waals surface area contributed by atoms with Crippen molar-refractivity contribution < 1.29 is 4.74 Å². The molecule has 2 rings (SSSR count). The highest BCUT2D eigenvalue weighted by atomic mass is 16.5. The van der Waals surface area contributed by atoms with E-state index >= 15 is 0 Å². The highest BCUT2D eigenvalue weighted by Gasteiger charge is 2.30. The predicted molar refractivity (Wildman–Crippen MR) is 62.3 cm³/mol. The summed E-state index contributed by atoms with van der Waals surface area (Å²) in [6.07, 6.45) is 10.9. The predicted octanol–water partition coefficient (Wildman–Crippen LogP) is 2.75. The number of ether oxygens (including phenoxy) is 1. The van der Waals surface area contributed by atoms with Gasteiger partial charge in [-0.15, -0.1) is 0 Å². The first-order valence-corrected chi connectivity index (χ1v) is 5.78. The number of rotatable bonds is 4. The molecule has 0 aromatic rings. The fraction of sp³-hybridized carbons (Fsp3) is 0.538. The van der Waals surface area contributed by atoms with Gasteiger partial charge >= 0.3 is 0 Å². The molecule has 82 valence electrons. The normalized spacial score (nSPS) is 27.9. The van der Waals surface area contributed by atoms with E-state index in [0.717, 1.165) is 18.9 Å². The fourth-order valence-electron chi connectivity index (χ4n) is 2.05. The van der Waals surface area contributed by atoms with Crippen LogP contribution in [0.25, 0.3) is 0 Å². The van der Waals surface area contributed by atoms with Gasteiger partial charge in [0.2, 0.25) is 0 Å². The van der Waals surface area contributed by atoms with E-state index in [0.29, 0.717) is 12.0 Å². The summed E-state index contributed by atoms with van der Waals surface area (Å²) in [6.45, 7) is 5.16. The molecule has 1 heterocycles. The first-order chi connectivity index (χ1) is 7.33. The SMILES string of the molecule is CCCCOC1=C(C)C2C=CC=CC2N1. The smallest absolute Gasteiger partial charge is 0.186 e. The van der Waals surface area contributed by atoms with E-state index in [4.69, 9.17) is 4.74 Å². The van der Waals surface area contributed by atoms with E-state index in [1.807, 2.05) is 0 Å².